The second-order valence-electron chi connectivity index (χ2n) is 6.22. The first kappa shape index (κ1) is 23.6. The summed E-state index contributed by atoms with van der Waals surface area (Å²) in [5, 5.41) is 10.0. The third-order valence-corrected chi connectivity index (χ3v) is 4.82. The Morgan fingerprint density at radius 2 is 1.92 bits per heavy atom. The standard InChI is InChI=1S/C17H33N5S.HI/c1-7-16-21-15(12-23-16)11-20-17(18-6)19-9-8-10-22(13(2)3)14(4)5;/h12-14H,7-11H2,1-6H3,(H2,18,19,20);1H. The maximum Gasteiger partial charge on any atom is 0.191 e. The van der Waals surface area contributed by atoms with Crippen molar-refractivity contribution in [3.63, 3.8) is 0 Å². The number of rotatable bonds is 9. The van der Waals surface area contributed by atoms with E-state index in [9.17, 15) is 0 Å². The van der Waals surface area contributed by atoms with Gasteiger partial charge in [-0.15, -0.1) is 35.3 Å². The van der Waals surface area contributed by atoms with Gasteiger partial charge in [-0.05, 0) is 40.5 Å². The van der Waals surface area contributed by atoms with Crippen LogP contribution in [0.25, 0.3) is 0 Å². The summed E-state index contributed by atoms with van der Waals surface area (Å²) in [5.74, 6) is 0.844. The zero-order chi connectivity index (χ0) is 17.2. The molecule has 2 N–H and O–H groups in total. The summed E-state index contributed by atoms with van der Waals surface area (Å²) in [6, 6.07) is 1.18. The van der Waals surface area contributed by atoms with E-state index in [0.29, 0.717) is 12.1 Å². The van der Waals surface area contributed by atoms with E-state index >= 15 is 0 Å². The van der Waals surface area contributed by atoms with Crippen molar-refractivity contribution in [1.29, 1.82) is 0 Å². The fourth-order valence-corrected chi connectivity index (χ4v) is 3.31. The van der Waals surface area contributed by atoms with Crippen molar-refractivity contribution in [1.82, 2.24) is 20.5 Å². The lowest BCUT2D eigenvalue weighted by Crippen LogP contribution is -2.41. The molecular formula is C17H34IN5S. The average Bonchev–Trinajstić information content (AvgIpc) is 2.97. The Bertz CT molecular complexity index is 465. The van der Waals surface area contributed by atoms with Gasteiger partial charge in [0, 0.05) is 37.6 Å². The first-order valence-electron chi connectivity index (χ1n) is 8.61. The fourth-order valence-electron chi connectivity index (χ4n) is 2.57. The second kappa shape index (κ2) is 12.9. The van der Waals surface area contributed by atoms with Gasteiger partial charge in [0.15, 0.2) is 5.96 Å². The normalized spacial score (nSPS) is 12.0. The third-order valence-electron chi connectivity index (χ3n) is 3.77. The van der Waals surface area contributed by atoms with Crippen molar-refractivity contribution >= 4 is 41.3 Å². The van der Waals surface area contributed by atoms with Crippen LogP contribution in [-0.4, -0.2) is 48.1 Å². The molecule has 24 heavy (non-hydrogen) atoms. The quantitative estimate of drug-likeness (QED) is 0.253. The molecule has 5 nitrogen and oxygen atoms in total. The molecule has 0 spiro atoms. The Kier molecular flexibility index (Phi) is 12.7. The molecule has 1 heterocycles. The van der Waals surface area contributed by atoms with Gasteiger partial charge < -0.3 is 10.6 Å². The molecule has 0 amide bonds. The number of thiazole rings is 1. The Morgan fingerprint density at radius 3 is 2.42 bits per heavy atom. The number of aryl methyl sites for hydroxylation is 1. The fraction of sp³-hybridized carbons (Fsp3) is 0.765. The molecule has 0 aliphatic carbocycles. The van der Waals surface area contributed by atoms with Gasteiger partial charge in [-0.3, -0.25) is 9.89 Å². The summed E-state index contributed by atoms with van der Waals surface area (Å²) < 4.78 is 0. The van der Waals surface area contributed by atoms with Gasteiger partial charge in [-0.1, -0.05) is 6.92 Å². The van der Waals surface area contributed by atoms with Gasteiger partial charge in [-0.25, -0.2) is 4.98 Å². The van der Waals surface area contributed by atoms with Crippen molar-refractivity contribution in [2.45, 2.75) is 66.1 Å². The van der Waals surface area contributed by atoms with Gasteiger partial charge in [-0.2, -0.15) is 0 Å². The smallest absolute Gasteiger partial charge is 0.191 e. The molecule has 0 saturated heterocycles. The minimum atomic E-state index is 0. The van der Waals surface area contributed by atoms with Crippen molar-refractivity contribution in [3.8, 4) is 0 Å². The minimum Gasteiger partial charge on any atom is -0.356 e. The molecule has 1 aromatic rings. The zero-order valence-electron chi connectivity index (χ0n) is 15.9. The van der Waals surface area contributed by atoms with Crippen LogP contribution in [0.4, 0.5) is 0 Å². The summed E-state index contributed by atoms with van der Waals surface area (Å²) in [5.41, 5.74) is 1.08. The number of nitrogens with one attached hydrogen (secondary N) is 2. The van der Waals surface area contributed by atoms with Crippen molar-refractivity contribution in [2.24, 2.45) is 4.99 Å². The van der Waals surface area contributed by atoms with Crippen LogP contribution in [0.15, 0.2) is 10.4 Å². The number of aromatic nitrogens is 1. The number of aliphatic imine (C=N–C) groups is 1. The lowest BCUT2D eigenvalue weighted by Gasteiger charge is -2.30. The molecule has 0 unspecified atom stereocenters. The Morgan fingerprint density at radius 1 is 1.25 bits per heavy atom. The molecule has 0 saturated carbocycles. The van der Waals surface area contributed by atoms with E-state index in [1.165, 1.54) is 5.01 Å². The summed E-state index contributed by atoms with van der Waals surface area (Å²) >= 11 is 1.72. The molecule has 0 radical (unpaired) electrons. The molecule has 1 rings (SSSR count). The Hall–Kier alpha value is -0.410. The van der Waals surface area contributed by atoms with Crippen molar-refractivity contribution < 1.29 is 0 Å². The molecule has 0 aromatic carbocycles. The van der Waals surface area contributed by atoms with Crippen molar-refractivity contribution in [2.75, 3.05) is 20.1 Å². The Balaban J connectivity index is 0.00000529. The molecule has 140 valence electrons. The first-order chi connectivity index (χ1) is 11.0. The number of guanidine groups is 1. The predicted octanol–water partition coefficient (Wildman–Crippen LogP) is 3.50. The molecule has 0 aliphatic heterocycles. The number of hydrogen-bond donors (Lipinski definition) is 2. The second-order valence-corrected chi connectivity index (χ2v) is 7.16. The number of hydrogen-bond acceptors (Lipinski definition) is 4. The third kappa shape index (κ3) is 8.62. The van der Waals surface area contributed by atoms with E-state index in [1.807, 2.05) is 7.05 Å². The largest absolute Gasteiger partial charge is 0.356 e. The van der Waals surface area contributed by atoms with Crippen LogP contribution in [0.1, 0.15) is 51.7 Å². The van der Waals surface area contributed by atoms with Crippen molar-refractivity contribution in [3.05, 3.63) is 16.1 Å². The van der Waals surface area contributed by atoms with Crippen LogP contribution >= 0.6 is 35.3 Å². The zero-order valence-corrected chi connectivity index (χ0v) is 19.1. The highest BCUT2D eigenvalue weighted by molar-refractivity contribution is 14.0. The molecule has 1 aromatic heterocycles. The van der Waals surface area contributed by atoms with Crippen LogP contribution in [0.5, 0.6) is 0 Å². The highest BCUT2D eigenvalue weighted by atomic mass is 127. The minimum absolute atomic E-state index is 0. The molecule has 7 heteroatoms. The lowest BCUT2D eigenvalue weighted by atomic mass is 10.2. The van der Waals surface area contributed by atoms with Gasteiger partial charge in [0.05, 0.1) is 17.2 Å². The maximum absolute atomic E-state index is 4.56. The molecule has 0 aliphatic rings. The van der Waals surface area contributed by atoms with E-state index in [0.717, 1.165) is 44.1 Å². The van der Waals surface area contributed by atoms with Gasteiger partial charge in [0.1, 0.15) is 0 Å². The van der Waals surface area contributed by atoms with Crippen LogP contribution in [-0.2, 0) is 13.0 Å². The number of halogens is 1. The molecule has 0 fully saturated rings. The van der Waals surface area contributed by atoms with Crippen LogP contribution in [0.3, 0.4) is 0 Å². The summed E-state index contributed by atoms with van der Waals surface area (Å²) in [7, 11) is 1.81. The van der Waals surface area contributed by atoms with E-state index in [1.54, 1.807) is 11.3 Å². The van der Waals surface area contributed by atoms with E-state index < -0.39 is 0 Å². The topological polar surface area (TPSA) is 52.6 Å². The van der Waals surface area contributed by atoms with Crippen LogP contribution in [0, 0.1) is 0 Å². The molecular weight excluding hydrogens is 433 g/mol. The van der Waals surface area contributed by atoms with Gasteiger partial charge >= 0.3 is 0 Å². The highest BCUT2D eigenvalue weighted by Gasteiger charge is 2.12. The van der Waals surface area contributed by atoms with E-state index in [4.69, 9.17) is 0 Å². The number of nitrogens with zero attached hydrogens (tertiary/aromatic N) is 3. The van der Waals surface area contributed by atoms with Gasteiger partial charge in [0.2, 0.25) is 0 Å². The first-order valence-corrected chi connectivity index (χ1v) is 9.49. The lowest BCUT2D eigenvalue weighted by molar-refractivity contribution is 0.173. The highest BCUT2D eigenvalue weighted by Crippen LogP contribution is 2.09. The predicted molar refractivity (Wildman–Crippen MR) is 117 cm³/mol. The summed E-state index contributed by atoms with van der Waals surface area (Å²) in [4.78, 5) is 11.3. The SMILES string of the molecule is CCc1nc(CNC(=NC)NCCCN(C(C)C)C(C)C)cs1.I. The van der Waals surface area contributed by atoms with Crippen LogP contribution < -0.4 is 10.6 Å². The Labute approximate surface area is 168 Å². The van der Waals surface area contributed by atoms with E-state index in [-0.39, 0.29) is 24.0 Å². The summed E-state index contributed by atoms with van der Waals surface area (Å²) in [6.45, 7) is 13.9. The summed E-state index contributed by atoms with van der Waals surface area (Å²) in [6.07, 6.45) is 2.10. The van der Waals surface area contributed by atoms with Crippen LogP contribution in [0.2, 0.25) is 0 Å². The molecule has 0 atom stereocenters. The average molecular weight is 467 g/mol. The van der Waals surface area contributed by atoms with E-state index in [2.05, 4.69) is 65.5 Å². The maximum atomic E-state index is 4.56. The monoisotopic (exact) mass is 467 g/mol. The molecule has 0 bridgehead atoms. The van der Waals surface area contributed by atoms with Gasteiger partial charge in [0.25, 0.3) is 0 Å².